The summed E-state index contributed by atoms with van der Waals surface area (Å²) in [5, 5.41) is 14.8. The molecule has 1 aromatic heterocycles. The molecular formula is C23H19Cl3N4. The van der Waals surface area contributed by atoms with Crippen molar-refractivity contribution in [2.75, 3.05) is 0 Å². The van der Waals surface area contributed by atoms with Crippen LogP contribution in [0, 0.1) is 0 Å². The van der Waals surface area contributed by atoms with Gasteiger partial charge in [0.2, 0.25) is 0 Å². The largest absolute Gasteiger partial charge is 0.307 e. The molecule has 0 saturated heterocycles. The molecule has 0 aliphatic carbocycles. The van der Waals surface area contributed by atoms with E-state index in [1.54, 1.807) is 4.80 Å². The highest BCUT2D eigenvalue weighted by molar-refractivity contribution is 6.36. The van der Waals surface area contributed by atoms with Gasteiger partial charge in [-0.1, -0.05) is 89.4 Å². The van der Waals surface area contributed by atoms with Crippen molar-refractivity contribution < 1.29 is 0 Å². The Morgan fingerprint density at radius 2 is 1.37 bits per heavy atom. The molecule has 0 unspecified atom stereocenters. The fourth-order valence-electron chi connectivity index (χ4n) is 3.17. The molecule has 1 N–H and O–H groups in total. The van der Waals surface area contributed by atoms with Gasteiger partial charge >= 0.3 is 0 Å². The number of hydrogen-bond donors (Lipinski definition) is 1. The highest BCUT2D eigenvalue weighted by Gasteiger charge is 2.15. The number of nitrogens with one attached hydrogen (secondary N) is 1. The Bertz CT molecular complexity index is 1120. The highest BCUT2D eigenvalue weighted by atomic mass is 35.5. The van der Waals surface area contributed by atoms with Gasteiger partial charge in [-0.2, -0.15) is 15.0 Å². The van der Waals surface area contributed by atoms with Crippen LogP contribution in [0.1, 0.15) is 16.8 Å². The van der Waals surface area contributed by atoms with Crippen LogP contribution in [0.3, 0.4) is 0 Å². The number of benzene rings is 3. The van der Waals surface area contributed by atoms with Crippen LogP contribution in [0.25, 0.3) is 11.3 Å². The average molecular weight is 458 g/mol. The van der Waals surface area contributed by atoms with Crippen molar-refractivity contribution in [3.63, 3.8) is 0 Å². The molecule has 0 spiro atoms. The quantitative estimate of drug-likeness (QED) is 0.357. The molecule has 0 atom stereocenters. The smallest absolute Gasteiger partial charge is 0.117 e. The van der Waals surface area contributed by atoms with Crippen molar-refractivity contribution in [2.45, 2.75) is 19.6 Å². The van der Waals surface area contributed by atoms with Crippen LogP contribution < -0.4 is 5.32 Å². The molecule has 4 rings (SSSR count). The molecular weight excluding hydrogens is 439 g/mol. The fourth-order valence-corrected chi connectivity index (χ4v) is 3.89. The van der Waals surface area contributed by atoms with Gasteiger partial charge < -0.3 is 5.32 Å². The summed E-state index contributed by atoms with van der Waals surface area (Å²) in [4.78, 5) is 1.64. The molecule has 0 bridgehead atoms. The van der Waals surface area contributed by atoms with E-state index in [0.29, 0.717) is 29.7 Å². The highest BCUT2D eigenvalue weighted by Crippen LogP contribution is 2.26. The minimum atomic E-state index is 0.392. The van der Waals surface area contributed by atoms with E-state index in [-0.39, 0.29) is 0 Å². The van der Waals surface area contributed by atoms with Gasteiger partial charge in [-0.25, -0.2) is 0 Å². The van der Waals surface area contributed by atoms with E-state index in [4.69, 9.17) is 45.0 Å². The van der Waals surface area contributed by atoms with Gasteiger partial charge in [0.05, 0.1) is 6.54 Å². The van der Waals surface area contributed by atoms with Crippen molar-refractivity contribution >= 4 is 34.8 Å². The van der Waals surface area contributed by atoms with Crippen LogP contribution >= 0.6 is 34.8 Å². The standard InChI is InChI=1S/C23H19Cl3N4/c24-19-10-5-4-9-17(19)13-27-14-22-23(16-7-2-1-3-8-16)29-30(28-22)15-18-20(25)11-6-12-21(18)26/h1-12,27H,13-15H2. The lowest BCUT2D eigenvalue weighted by atomic mass is 10.1. The second-order valence-electron chi connectivity index (χ2n) is 6.79. The zero-order chi connectivity index (χ0) is 20.9. The Labute approximate surface area is 190 Å². The number of nitrogens with zero attached hydrogens (tertiary/aromatic N) is 3. The number of aromatic nitrogens is 3. The van der Waals surface area contributed by atoms with Crippen LogP contribution in [-0.4, -0.2) is 15.0 Å². The second kappa shape index (κ2) is 9.63. The molecule has 1 heterocycles. The van der Waals surface area contributed by atoms with Crippen molar-refractivity contribution in [1.29, 1.82) is 0 Å². The van der Waals surface area contributed by atoms with E-state index >= 15 is 0 Å². The lowest BCUT2D eigenvalue weighted by Crippen LogP contribution is -2.14. The molecule has 30 heavy (non-hydrogen) atoms. The zero-order valence-corrected chi connectivity index (χ0v) is 18.3. The predicted octanol–water partition coefficient (Wildman–Crippen LogP) is 6.24. The van der Waals surface area contributed by atoms with E-state index in [1.165, 1.54) is 0 Å². The van der Waals surface area contributed by atoms with Crippen molar-refractivity contribution in [1.82, 2.24) is 20.3 Å². The van der Waals surface area contributed by atoms with Gasteiger partial charge in [0.1, 0.15) is 11.4 Å². The van der Waals surface area contributed by atoms with E-state index in [1.807, 2.05) is 72.8 Å². The normalized spacial score (nSPS) is 11.0. The minimum Gasteiger partial charge on any atom is -0.307 e. The van der Waals surface area contributed by atoms with E-state index in [2.05, 4.69) is 5.32 Å². The first kappa shape index (κ1) is 20.9. The summed E-state index contributed by atoms with van der Waals surface area (Å²) < 4.78 is 0. The lowest BCUT2D eigenvalue weighted by molar-refractivity contribution is 0.576. The maximum absolute atomic E-state index is 6.33. The third kappa shape index (κ3) is 4.85. The summed E-state index contributed by atoms with van der Waals surface area (Å²) in [6.07, 6.45) is 0. The number of hydrogen-bond acceptors (Lipinski definition) is 3. The SMILES string of the molecule is Clc1ccccc1CNCc1nn(Cc2c(Cl)cccc2Cl)nc1-c1ccccc1. The molecule has 0 radical (unpaired) electrons. The maximum Gasteiger partial charge on any atom is 0.117 e. The van der Waals surface area contributed by atoms with Crippen LogP contribution in [0.15, 0.2) is 72.8 Å². The average Bonchev–Trinajstić information content (AvgIpc) is 3.16. The van der Waals surface area contributed by atoms with Gasteiger partial charge in [0, 0.05) is 39.3 Å². The molecule has 152 valence electrons. The summed E-state index contributed by atoms with van der Waals surface area (Å²) in [6.45, 7) is 1.58. The molecule has 4 aromatic rings. The topological polar surface area (TPSA) is 42.7 Å². The summed E-state index contributed by atoms with van der Waals surface area (Å²) >= 11 is 18.9. The van der Waals surface area contributed by atoms with Crippen LogP contribution in [-0.2, 0) is 19.6 Å². The van der Waals surface area contributed by atoms with Gasteiger partial charge in [-0.3, -0.25) is 0 Å². The Kier molecular flexibility index (Phi) is 6.70. The molecule has 3 aromatic carbocycles. The molecule has 0 aliphatic rings. The van der Waals surface area contributed by atoms with Crippen LogP contribution in [0.5, 0.6) is 0 Å². The first-order valence-electron chi connectivity index (χ1n) is 9.48. The predicted molar refractivity (Wildman–Crippen MR) is 123 cm³/mol. The van der Waals surface area contributed by atoms with E-state index in [9.17, 15) is 0 Å². The number of rotatable bonds is 7. The second-order valence-corrected chi connectivity index (χ2v) is 8.01. The molecule has 0 aliphatic heterocycles. The third-order valence-corrected chi connectivity index (χ3v) is 5.78. The summed E-state index contributed by atoms with van der Waals surface area (Å²) in [5.74, 6) is 0. The van der Waals surface area contributed by atoms with E-state index < -0.39 is 0 Å². The summed E-state index contributed by atoms with van der Waals surface area (Å²) in [7, 11) is 0. The molecule has 0 amide bonds. The third-order valence-electron chi connectivity index (χ3n) is 4.70. The number of halogens is 3. The first-order chi connectivity index (χ1) is 14.6. The summed E-state index contributed by atoms with van der Waals surface area (Å²) in [6, 6.07) is 23.2. The maximum atomic E-state index is 6.33. The molecule has 7 heteroatoms. The Morgan fingerprint density at radius 1 is 0.700 bits per heavy atom. The molecule has 0 saturated carbocycles. The van der Waals surface area contributed by atoms with Crippen molar-refractivity contribution in [2.24, 2.45) is 0 Å². The molecule has 0 fully saturated rings. The van der Waals surface area contributed by atoms with Gasteiger partial charge in [0.25, 0.3) is 0 Å². The van der Waals surface area contributed by atoms with E-state index in [0.717, 1.165) is 33.1 Å². The van der Waals surface area contributed by atoms with Crippen LogP contribution in [0.4, 0.5) is 0 Å². The van der Waals surface area contributed by atoms with Gasteiger partial charge in [-0.15, -0.1) is 0 Å². The van der Waals surface area contributed by atoms with Gasteiger partial charge in [-0.05, 0) is 23.8 Å². The monoisotopic (exact) mass is 456 g/mol. The zero-order valence-electron chi connectivity index (χ0n) is 16.0. The fraction of sp³-hybridized carbons (Fsp3) is 0.130. The lowest BCUT2D eigenvalue weighted by Gasteiger charge is -2.06. The van der Waals surface area contributed by atoms with Crippen LogP contribution in [0.2, 0.25) is 15.1 Å². The van der Waals surface area contributed by atoms with Crippen molar-refractivity contribution in [3.8, 4) is 11.3 Å². The Hall–Kier alpha value is -2.37. The minimum absolute atomic E-state index is 0.392. The summed E-state index contributed by atoms with van der Waals surface area (Å²) in [5.41, 5.74) is 4.51. The van der Waals surface area contributed by atoms with Crippen molar-refractivity contribution in [3.05, 3.63) is 105 Å². The Balaban J connectivity index is 1.59. The Morgan fingerprint density at radius 3 is 2.10 bits per heavy atom. The first-order valence-corrected chi connectivity index (χ1v) is 10.6. The van der Waals surface area contributed by atoms with Gasteiger partial charge in [0.15, 0.2) is 0 Å². The molecule has 4 nitrogen and oxygen atoms in total.